The molecule has 3 N–H and O–H groups in total. The van der Waals surface area contributed by atoms with Crippen molar-refractivity contribution in [3.05, 3.63) is 45.6 Å². The molecule has 0 spiro atoms. The van der Waals surface area contributed by atoms with Gasteiger partial charge in [-0.05, 0) is 54.0 Å². The molecule has 1 saturated heterocycles. The summed E-state index contributed by atoms with van der Waals surface area (Å²) in [6, 6.07) is 6.58. The smallest absolute Gasteiger partial charge is 0.318 e. The van der Waals surface area contributed by atoms with E-state index >= 15 is 0 Å². The van der Waals surface area contributed by atoms with Crippen LogP contribution in [0, 0.1) is 0 Å². The average molecular weight is 534 g/mol. The van der Waals surface area contributed by atoms with Crippen molar-refractivity contribution in [3.63, 3.8) is 0 Å². The first-order chi connectivity index (χ1) is 17.8. The number of carbonyl (C=O) groups excluding carboxylic acids is 1. The number of amides is 1. The summed E-state index contributed by atoms with van der Waals surface area (Å²) < 4.78 is 28.4. The highest BCUT2D eigenvalue weighted by atomic mass is 32.2. The molecule has 1 aliphatic heterocycles. The van der Waals surface area contributed by atoms with Crippen molar-refractivity contribution in [2.75, 3.05) is 27.1 Å². The van der Waals surface area contributed by atoms with Crippen LogP contribution in [0.4, 0.5) is 0 Å². The van der Waals surface area contributed by atoms with E-state index in [2.05, 4.69) is 5.32 Å². The van der Waals surface area contributed by atoms with Crippen LogP contribution in [0.5, 0.6) is 17.2 Å². The normalized spacial score (nSPS) is 22.8. The predicted octanol–water partition coefficient (Wildman–Crippen LogP) is 2.35. The van der Waals surface area contributed by atoms with Crippen LogP contribution < -0.4 is 25.0 Å². The summed E-state index contributed by atoms with van der Waals surface area (Å²) in [4.78, 5) is 25.6. The number of fused-ring (bicyclic) bond motifs is 3. The van der Waals surface area contributed by atoms with Crippen molar-refractivity contribution in [2.45, 2.75) is 56.0 Å². The molecule has 0 bridgehead atoms. The van der Waals surface area contributed by atoms with Crippen LogP contribution in [0.1, 0.15) is 36.9 Å². The van der Waals surface area contributed by atoms with Crippen LogP contribution >= 0.6 is 11.8 Å². The van der Waals surface area contributed by atoms with E-state index in [0.29, 0.717) is 29.1 Å². The maximum absolute atomic E-state index is 12.9. The minimum atomic E-state index is -1.28. The number of nitrogens with one attached hydrogen (secondary N) is 1. The van der Waals surface area contributed by atoms with Crippen LogP contribution in [0.2, 0.25) is 0 Å². The maximum atomic E-state index is 12.9. The lowest BCUT2D eigenvalue weighted by Crippen LogP contribution is -2.42. The summed E-state index contributed by atoms with van der Waals surface area (Å²) >= 11 is 1.35. The van der Waals surface area contributed by atoms with Gasteiger partial charge in [0.1, 0.15) is 0 Å². The highest BCUT2D eigenvalue weighted by molar-refractivity contribution is 7.98. The molecular formula is C26H31NO9S. The fourth-order valence-electron chi connectivity index (χ4n) is 4.73. The molecular weight excluding hydrogens is 502 g/mol. The Hall–Kier alpha value is -2.83. The van der Waals surface area contributed by atoms with Gasteiger partial charge >= 0.3 is 6.48 Å². The number of aliphatic hydroxyl groups excluding tert-OH is 2. The zero-order chi connectivity index (χ0) is 26.7. The maximum Gasteiger partial charge on any atom is 0.318 e. The van der Waals surface area contributed by atoms with Crippen LogP contribution in [0.3, 0.4) is 0 Å². The zero-order valence-electron chi connectivity index (χ0n) is 21.1. The molecule has 37 heavy (non-hydrogen) atoms. The molecule has 10 nitrogen and oxygen atoms in total. The van der Waals surface area contributed by atoms with Crippen molar-refractivity contribution in [3.8, 4) is 28.4 Å². The number of rotatable bonds is 7. The lowest BCUT2D eigenvalue weighted by Gasteiger charge is -2.32. The summed E-state index contributed by atoms with van der Waals surface area (Å²) in [5.74, 6) is 0.683. The minimum Gasteiger partial charge on any atom is -0.492 e. The number of thioether (sulfide) groups is 1. The number of aryl methyl sites for hydroxylation is 1. The Labute approximate surface area is 218 Å². The van der Waals surface area contributed by atoms with E-state index in [4.69, 9.17) is 23.7 Å². The summed E-state index contributed by atoms with van der Waals surface area (Å²) in [6.07, 6.45) is 1.17. The molecule has 0 aromatic heterocycles. The monoisotopic (exact) mass is 533 g/mol. The average Bonchev–Trinajstić information content (AvgIpc) is 3.11. The van der Waals surface area contributed by atoms with E-state index in [1.165, 1.54) is 32.9 Å². The fourth-order valence-corrected chi connectivity index (χ4v) is 5.19. The first-order valence-electron chi connectivity index (χ1n) is 11.8. The number of benzene rings is 1. The standard InChI is InChI=1S/C26H31NO9S/c1-13(29)27-18-7-5-14-9-20(35-26-34-15(12-28)10-22(31)36-26)24(32-2)25(33-3)23(14)16-6-8-21(37-4)19(30)11-17(16)18/h6,8-9,11,15,18,22,26,28,31H,5,7,10,12H2,1-4H3,(H,27,29). The highest BCUT2D eigenvalue weighted by Crippen LogP contribution is 2.50. The minimum absolute atomic E-state index is 0.110. The number of carbonyl (C=O) groups is 1. The molecule has 2 aliphatic rings. The highest BCUT2D eigenvalue weighted by Gasteiger charge is 2.33. The molecule has 1 heterocycles. The summed E-state index contributed by atoms with van der Waals surface area (Å²) in [6.45, 7) is -0.143. The number of aliphatic hydroxyl groups is 2. The van der Waals surface area contributed by atoms with Crippen molar-refractivity contribution in [2.24, 2.45) is 0 Å². The number of hydrogen-bond donors (Lipinski definition) is 3. The van der Waals surface area contributed by atoms with E-state index in [1.807, 2.05) is 12.3 Å². The third kappa shape index (κ3) is 5.70. The molecule has 0 radical (unpaired) electrons. The molecule has 4 atom stereocenters. The van der Waals surface area contributed by atoms with Gasteiger partial charge in [0.05, 0.1) is 37.9 Å². The summed E-state index contributed by atoms with van der Waals surface area (Å²) in [5.41, 5.74) is 2.83. The van der Waals surface area contributed by atoms with Gasteiger partial charge in [-0.2, -0.15) is 0 Å². The Bertz CT molecular complexity index is 1220. The van der Waals surface area contributed by atoms with E-state index in [1.54, 1.807) is 18.2 Å². The molecule has 4 unspecified atom stereocenters. The Kier molecular flexibility index (Phi) is 8.60. The van der Waals surface area contributed by atoms with Crippen LogP contribution in [-0.4, -0.2) is 62.1 Å². The molecule has 4 rings (SSSR count). The molecule has 11 heteroatoms. The molecule has 200 valence electrons. The third-order valence-electron chi connectivity index (χ3n) is 6.34. The number of hydrogen-bond acceptors (Lipinski definition) is 10. The second kappa shape index (κ2) is 11.7. The van der Waals surface area contributed by atoms with E-state index in [0.717, 1.165) is 16.7 Å². The zero-order valence-corrected chi connectivity index (χ0v) is 21.9. The SMILES string of the molecule is COc1c(OC2OC(O)CC(CO)O2)cc2c(c1OC)-c1ccc(SC)c(=O)cc1C(NC(C)=O)CC2. The van der Waals surface area contributed by atoms with Gasteiger partial charge in [0.15, 0.2) is 23.2 Å². The summed E-state index contributed by atoms with van der Waals surface area (Å²) in [5, 5.41) is 22.5. The second-order valence-electron chi connectivity index (χ2n) is 8.72. The van der Waals surface area contributed by atoms with E-state index in [9.17, 15) is 19.8 Å². The van der Waals surface area contributed by atoms with Gasteiger partial charge < -0.3 is 34.5 Å². The third-order valence-corrected chi connectivity index (χ3v) is 7.12. The molecule has 2 aromatic carbocycles. The van der Waals surface area contributed by atoms with Gasteiger partial charge in [0, 0.05) is 18.9 Å². The van der Waals surface area contributed by atoms with Crippen molar-refractivity contribution in [1.29, 1.82) is 0 Å². The Morgan fingerprint density at radius 3 is 2.59 bits per heavy atom. The van der Waals surface area contributed by atoms with Crippen LogP contribution in [-0.2, 0) is 20.7 Å². The summed E-state index contributed by atoms with van der Waals surface area (Å²) in [7, 11) is 2.97. The molecule has 2 aromatic rings. The van der Waals surface area contributed by atoms with Gasteiger partial charge in [0.25, 0.3) is 0 Å². The van der Waals surface area contributed by atoms with Gasteiger partial charge in [-0.25, -0.2) is 0 Å². The molecule has 0 saturated carbocycles. The van der Waals surface area contributed by atoms with Gasteiger partial charge in [0.2, 0.25) is 11.7 Å². The van der Waals surface area contributed by atoms with Crippen LogP contribution in [0.25, 0.3) is 11.1 Å². The van der Waals surface area contributed by atoms with Crippen LogP contribution in [0.15, 0.2) is 34.0 Å². The Morgan fingerprint density at radius 2 is 1.95 bits per heavy atom. The quantitative estimate of drug-likeness (QED) is 0.456. The van der Waals surface area contributed by atoms with Crippen molar-refractivity contribution in [1.82, 2.24) is 5.32 Å². The first kappa shape index (κ1) is 27.2. The lowest BCUT2D eigenvalue weighted by molar-refractivity contribution is -0.359. The fraction of sp³-hybridized carbons (Fsp3) is 0.462. The van der Waals surface area contributed by atoms with Crippen molar-refractivity contribution < 1.29 is 38.7 Å². The van der Waals surface area contributed by atoms with Crippen molar-refractivity contribution >= 4 is 17.7 Å². The van der Waals surface area contributed by atoms with Gasteiger partial charge in [-0.3, -0.25) is 14.3 Å². The second-order valence-corrected chi connectivity index (χ2v) is 9.57. The first-order valence-corrected chi connectivity index (χ1v) is 13.1. The lowest BCUT2D eigenvalue weighted by atomic mass is 9.95. The van der Waals surface area contributed by atoms with Gasteiger partial charge in [-0.15, -0.1) is 11.8 Å². The Balaban J connectivity index is 1.89. The Morgan fingerprint density at radius 1 is 1.19 bits per heavy atom. The molecule has 1 amide bonds. The van der Waals surface area contributed by atoms with E-state index < -0.39 is 24.9 Å². The number of methoxy groups -OCH3 is 2. The van der Waals surface area contributed by atoms with Gasteiger partial charge in [-0.1, -0.05) is 6.07 Å². The van der Waals surface area contributed by atoms with E-state index in [-0.39, 0.29) is 35.9 Å². The largest absolute Gasteiger partial charge is 0.492 e. The number of ether oxygens (including phenoxy) is 5. The molecule has 1 fully saturated rings. The predicted molar refractivity (Wildman–Crippen MR) is 136 cm³/mol. The molecule has 1 aliphatic carbocycles. The topological polar surface area (TPSA) is 133 Å².